The van der Waals surface area contributed by atoms with Crippen LogP contribution in [-0.2, 0) is 4.79 Å². The molecule has 1 aliphatic heterocycles. The Balaban J connectivity index is 0.00000192. The first-order valence-corrected chi connectivity index (χ1v) is 8.41. The van der Waals surface area contributed by atoms with Gasteiger partial charge in [0.05, 0.1) is 0 Å². The summed E-state index contributed by atoms with van der Waals surface area (Å²) < 4.78 is 0. The number of hydrogen-bond donors (Lipinski definition) is 2. The van der Waals surface area contributed by atoms with Crippen LogP contribution in [0.2, 0.25) is 0 Å². The standard InChI is InChI=1S/C19H26N2O.ClH/c1-13(2)15-3-5-16(6-4-15)17-11-18(17)19(22)21-12-14-7-9-20-10-8-14;/h3-7,13,17-18,20H,8-12H2,1-2H3,(H,21,22);1H. The van der Waals surface area contributed by atoms with E-state index in [0.717, 1.165) is 32.5 Å². The molecule has 0 radical (unpaired) electrons. The third kappa shape index (κ3) is 4.58. The minimum absolute atomic E-state index is 0. The average Bonchev–Trinajstić information content (AvgIpc) is 3.34. The molecule has 0 bridgehead atoms. The summed E-state index contributed by atoms with van der Waals surface area (Å²) in [5.41, 5.74) is 4.03. The first-order valence-electron chi connectivity index (χ1n) is 8.41. The van der Waals surface area contributed by atoms with E-state index in [4.69, 9.17) is 0 Å². The number of carbonyl (C=O) groups excluding carboxylic acids is 1. The second kappa shape index (κ2) is 7.98. The molecule has 0 aromatic heterocycles. The molecule has 1 aliphatic carbocycles. The largest absolute Gasteiger partial charge is 0.352 e. The summed E-state index contributed by atoms with van der Waals surface area (Å²) in [5, 5.41) is 6.40. The molecular formula is C19H27ClN2O. The number of carbonyl (C=O) groups is 1. The second-order valence-corrected chi connectivity index (χ2v) is 6.80. The van der Waals surface area contributed by atoms with Crippen molar-refractivity contribution in [3.63, 3.8) is 0 Å². The minimum Gasteiger partial charge on any atom is -0.352 e. The van der Waals surface area contributed by atoms with Crippen molar-refractivity contribution in [3.8, 4) is 0 Å². The molecule has 126 valence electrons. The first-order chi connectivity index (χ1) is 10.6. The van der Waals surface area contributed by atoms with Gasteiger partial charge in [-0.2, -0.15) is 0 Å². The predicted octanol–water partition coefficient (Wildman–Crippen LogP) is 3.37. The van der Waals surface area contributed by atoms with Crippen molar-refractivity contribution in [2.75, 3.05) is 19.6 Å². The normalized spacial score (nSPS) is 23.0. The van der Waals surface area contributed by atoms with E-state index >= 15 is 0 Å². The van der Waals surface area contributed by atoms with Gasteiger partial charge in [-0.25, -0.2) is 0 Å². The van der Waals surface area contributed by atoms with Crippen LogP contribution < -0.4 is 10.6 Å². The van der Waals surface area contributed by atoms with Gasteiger partial charge in [0.25, 0.3) is 0 Å². The Morgan fingerprint density at radius 1 is 1.30 bits per heavy atom. The van der Waals surface area contributed by atoms with E-state index in [-0.39, 0.29) is 24.2 Å². The monoisotopic (exact) mass is 334 g/mol. The van der Waals surface area contributed by atoms with Crippen molar-refractivity contribution < 1.29 is 4.79 Å². The van der Waals surface area contributed by atoms with Crippen molar-refractivity contribution >= 4 is 18.3 Å². The molecule has 1 heterocycles. The van der Waals surface area contributed by atoms with Gasteiger partial charge in [0.15, 0.2) is 0 Å². The predicted molar refractivity (Wildman–Crippen MR) is 97.2 cm³/mol. The lowest BCUT2D eigenvalue weighted by Gasteiger charge is -2.14. The summed E-state index contributed by atoms with van der Waals surface area (Å²) in [6.45, 7) is 7.08. The lowest BCUT2D eigenvalue weighted by Crippen LogP contribution is -2.30. The molecular weight excluding hydrogens is 308 g/mol. The number of rotatable bonds is 5. The summed E-state index contributed by atoms with van der Waals surface area (Å²) in [6, 6.07) is 8.80. The zero-order valence-electron chi connectivity index (χ0n) is 14.0. The Morgan fingerprint density at radius 3 is 2.65 bits per heavy atom. The number of benzene rings is 1. The zero-order chi connectivity index (χ0) is 15.5. The molecule has 1 amide bonds. The van der Waals surface area contributed by atoms with Crippen LogP contribution in [0.4, 0.5) is 0 Å². The van der Waals surface area contributed by atoms with Gasteiger partial charge >= 0.3 is 0 Å². The Hall–Kier alpha value is -1.32. The number of nitrogens with one attached hydrogen (secondary N) is 2. The Bertz CT molecular complexity index is 565. The molecule has 1 aromatic rings. The van der Waals surface area contributed by atoms with Crippen molar-refractivity contribution in [2.45, 2.75) is 38.5 Å². The Morgan fingerprint density at radius 2 is 2.04 bits per heavy atom. The molecule has 2 aliphatic rings. The van der Waals surface area contributed by atoms with Gasteiger partial charge in [-0.05, 0) is 42.3 Å². The maximum absolute atomic E-state index is 12.3. The van der Waals surface area contributed by atoms with Gasteiger partial charge in [0.2, 0.25) is 5.91 Å². The summed E-state index contributed by atoms with van der Waals surface area (Å²) in [4.78, 5) is 12.3. The molecule has 0 saturated heterocycles. The lowest BCUT2D eigenvalue weighted by molar-refractivity contribution is -0.122. The maximum atomic E-state index is 12.3. The fourth-order valence-corrected chi connectivity index (χ4v) is 3.14. The van der Waals surface area contributed by atoms with Crippen molar-refractivity contribution in [3.05, 3.63) is 47.0 Å². The van der Waals surface area contributed by atoms with Crippen LogP contribution in [0.5, 0.6) is 0 Å². The van der Waals surface area contributed by atoms with Crippen LogP contribution in [0.1, 0.15) is 49.7 Å². The van der Waals surface area contributed by atoms with E-state index < -0.39 is 0 Å². The van der Waals surface area contributed by atoms with E-state index in [0.29, 0.717) is 11.8 Å². The number of hydrogen-bond acceptors (Lipinski definition) is 2. The molecule has 1 saturated carbocycles. The highest BCUT2D eigenvalue weighted by molar-refractivity contribution is 5.85. The van der Waals surface area contributed by atoms with Crippen molar-refractivity contribution in [1.29, 1.82) is 0 Å². The lowest BCUT2D eigenvalue weighted by atomic mass is 10.00. The van der Waals surface area contributed by atoms with Gasteiger partial charge in [-0.3, -0.25) is 4.79 Å². The topological polar surface area (TPSA) is 41.1 Å². The van der Waals surface area contributed by atoms with E-state index in [2.05, 4.69) is 54.8 Å². The van der Waals surface area contributed by atoms with Gasteiger partial charge < -0.3 is 10.6 Å². The molecule has 2 N–H and O–H groups in total. The maximum Gasteiger partial charge on any atom is 0.224 e. The Labute approximate surface area is 145 Å². The molecule has 3 rings (SSSR count). The summed E-state index contributed by atoms with van der Waals surface area (Å²) in [7, 11) is 0. The average molecular weight is 335 g/mol. The van der Waals surface area contributed by atoms with Gasteiger partial charge in [-0.1, -0.05) is 49.8 Å². The fraction of sp³-hybridized carbons (Fsp3) is 0.526. The van der Waals surface area contributed by atoms with E-state index in [1.54, 1.807) is 0 Å². The third-order valence-corrected chi connectivity index (χ3v) is 4.81. The van der Waals surface area contributed by atoms with Gasteiger partial charge in [-0.15, -0.1) is 12.4 Å². The molecule has 4 heteroatoms. The highest BCUT2D eigenvalue weighted by atomic mass is 35.5. The van der Waals surface area contributed by atoms with Crippen LogP contribution in [0.25, 0.3) is 0 Å². The second-order valence-electron chi connectivity index (χ2n) is 6.80. The Kier molecular flexibility index (Phi) is 6.25. The van der Waals surface area contributed by atoms with E-state index in [9.17, 15) is 4.79 Å². The van der Waals surface area contributed by atoms with Gasteiger partial charge in [0, 0.05) is 19.0 Å². The van der Waals surface area contributed by atoms with Crippen LogP contribution in [0.15, 0.2) is 35.9 Å². The fourth-order valence-electron chi connectivity index (χ4n) is 3.14. The third-order valence-electron chi connectivity index (χ3n) is 4.81. The van der Waals surface area contributed by atoms with Crippen LogP contribution >= 0.6 is 12.4 Å². The molecule has 1 aromatic carbocycles. The smallest absolute Gasteiger partial charge is 0.224 e. The summed E-state index contributed by atoms with van der Waals surface area (Å²) in [6.07, 6.45) is 4.23. The number of amides is 1. The van der Waals surface area contributed by atoms with Gasteiger partial charge in [0.1, 0.15) is 0 Å². The quantitative estimate of drug-likeness (QED) is 0.811. The highest BCUT2D eigenvalue weighted by Gasteiger charge is 2.43. The van der Waals surface area contributed by atoms with Crippen LogP contribution in [-0.4, -0.2) is 25.5 Å². The molecule has 0 spiro atoms. The minimum atomic E-state index is 0. The van der Waals surface area contributed by atoms with Crippen LogP contribution in [0.3, 0.4) is 0 Å². The molecule has 1 fully saturated rings. The molecule has 3 nitrogen and oxygen atoms in total. The van der Waals surface area contributed by atoms with Crippen LogP contribution in [0, 0.1) is 5.92 Å². The van der Waals surface area contributed by atoms with Crippen molar-refractivity contribution in [2.24, 2.45) is 5.92 Å². The molecule has 23 heavy (non-hydrogen) atoms. The number of halogens is 1. The molecule has 2 atom stereocenters. The zero-order valence-corrected chi connectivity index (χ0v) is 14.8. The molecule has 2 unspecified atom stereocenters. The highest BCUT2D eigenvalue weighted by Crippen LogP contribution is 2.47. The summed E-state index contributed by atoms with van der Waals surface area (Å²) >= 11 is 0. The van der Waals surface area contributed by atoms with E-state index in [1.165, 1.54) is 16.7 Å². The van der Waals surface area contributed by atoms with Crippen molar-refractivity contribution in [1.82, 2.24) is 10.6 Å². The SMILES string of the molecule is CC(C)c1ccc(C2CC2C(=O)NCC2=CCNCC2)cc1.Cl. The summed E-state index contributed by atoms with van der Waals surface area (Å²) in [5.74, 6) is 1.37. The first kappa shape index (κ1) is 18.0. The van der Waals surface area contributed by atoms with E-state index in [1.807, 2.05) is 0 Å².